The topological polar surface area (TPSA) is 73.5 Å². The Morgan fingerprint density at radius 2 is 1.47 bits per heavy atom. The van der Waals surface area contributed by atoms with E-state index in [1.165, 1.54) is 11.6 Å². The Morgan fingerprint density at radius 3 is 2.10 bits per heavy atom. The molecule has 0 radical (unpaired) electrons. The largest absolute Gasteiger partial charge is 0.335 e. The van der Waals surface area contributed by atoms with Crippen LogP contribution in [0.4, 0.5) is 0 Å². The molecule has 0 spiro atoms. The van der Waals surface area contributed by atoms with Crippen LogP contribution in [0.2, 0.25) is 0 Å². The summed E-state index contributed by atoms with van der Waals surface area (Å²) in [6.07, 6.45) is 0. The number of H-pyrrole nitrogens is 1. The molecule has 0 atom stereocenters. The highest BCUT2D eigenvalue weighted by Crippen LogP contribution is 2.19. The maximum absolute atomic E-state index is 13.1. The lowest BCUT2D eigenvalue weighted by molar-refractivity contribution is 0.0536. The second-order valence-corrected chi connectivity index (χ2v) is 7.95. The van der Waals surface area contributed by atoms with E-state index in [4.69, 9.17) is 0 Å². The number of amides is 2. The van der Waals surface area contributed by atoms with Gasteiger partial charge in [-0.2, -0.15) is 0 Å². The second-order valence-electron chi connectivity index (χ2n) is 7.95. The minimum absolute atomic E-state index is 0.0148. The van der Waals surface area contributed by atoms with Crippen molar-refractivity contribution in [3.63, 3.8) is 0 Å². The molecule has 1 aromatic heterocycles. The minimum Gasteiger partial charge on any atom is -0.335 e. The quantitative estimate of drug-likeness (QED) is 0.730. The summed E-state index contributed by atoms with van der Waals surface area (Å²) in [5, 5.41) is 0.728. The molecule has 6 nitrogen and oxygen atoms in total. The molecule has 2 aromatic carbocycles. The molecule has 3 aromatic rings. The molecule has 0 aliphatic carbocycles. The number of carbonyl (C=O) groups excluding carboxylic acids is 2. The molecule has 1 aliphatic rings. The Kier molecular flexibility index (Phi) is 5.40. The Balaban J connectivity index is 1.46. The number of hydrogen-bond donors (Lipinski definition) is 1. The van der Waals surface area contributed by atoms with Crippen molar-refractivity contribution in [3.8, 4) is 0 Å². The normalized spacial score (nSPS) is 14.4. The number of fused-ring (bicyclic) bond motifs is 1. The lowest BCUT2D eigenvalue weighted by atomic mass is 10.0. The number of para-hydroxylation sites is 1. The van der Waals surface area contributed by atoms with Gasteiger partial charge in [0.25, 0.3) is 11.8 Å². The van der Waals surface area contributed by atoms with E-state index in [0.717, 1.165) is 5.39 Å². The van der Waals surface area contributed by atoms with E-state index in [1.54, 1.807) is 15.9 Å². The van der Waals surface area contributed by atoms with E-state index < -0.39 is 0 Å². The summed E-state index contributed by atoms with van der Waals surface area (Å²) < 4.78 is 0. The number of rotatable bonds is 3. The van der Waals surface area contributed by atoms with Gasteiger partial charge in [0.15, 0.2) is 0 Å². The van der Waals surface area contributed by atoms with Crippen LogP contribution in [0.25, 0.3) is 10.9 Å². The third kappa shape index (κ3) is 3.85. The van der Waals surface area contributed by atoms with Crippen LogP contribution in [-0.2, 0) is 0 Å². The van der Waals surface area contributed by atoms with Crippen molar-refractivity contribution in [1.82, 2.24) is 14.8 Å². The average Bonchev–Trinajstić information content (AvgIpc) is 2.77. The summed E-state index contributed by atoms with van der Waals surface area (Å²) in [6.45, 7) is 6.06. The van der Waals surface area contributed by atoms with Crippen molar-refractivity contribution >= 4 is 22.7 Å². The summed E-state index contributed by atoms with van der Waals surface area (Å²) in [5.74, 6) is 0.231. The fourth-order valence-electron chi connectivity index (χ4n) is 3.86. The fraction of sp³-hybridized carbons (Fsp3) is 0.292. The first-order valence-corrected chi connectivity index (χ1v) is 10.2. The third-order valence-electron chi connectivity index (χ3n) is 5.66. The predicted molar refractivity (Wildman–Crippen MR) is 117 cm³/mol. The molecular weight excluding hydrogens is 378 g/mol. The van der Waals surface area contributed by atoms with Gasteiger partial charge >= 0.3 is 0 Å². The average molecular weight is 403 g/mol. The number of benzene rings is 2. The van der Waals surface area contributed by atoms with Crippen LogP contribution in [0.15, 0.2) is 59.4 Å². The summed E-state index contributed by atoms with van der Waals surface area (Å²) in [6, 6.07) is 16.4. The molecule has 154 valence electrons. The van der Waals surface area contributed by atoms with Gasteiger partial charge in [0.1, 0.15) is 0 Å². The van der Waals surface area contributed by atoms with Crippen LogP contribution in [0, 0.1) is 0 Å². The van der Waals surface area contributed by atoms with Crippen molar-refractivity contribution < 1.29 is 9.59 Å². The number of hydrogen-bond acceptors (Lipinski definition) is 3. The van der Waals surface area contributed by atoms with Gasteiger partial charge in [0.2, 0.25) is 5.56 Å². The van der Waals surface area contributed by atoms with Gasteiger partial charge in [0, 0.05) is 48.7 Å². The minimum atomic E-state index is -0.296. The highest BCUT2D eigenvalue weighted by atomic mass is 16.2. The van der Waals surface area contributed by atoms with Crippen LogP contribution in [0.3, 0.4) is 0 Å². The number of carbonyl (C=O) groups is 2. The van der Waals surface area contributed by atoms with Gasteiger partial charge in [0.05, 0.1) is 5.56 Å². The molecule has 1 saturated heterocycles. The zero-order valence-electron chi connectivity index (χ0n) is 17.2. The first-order chi connectivity index (χ1) is 14.4. The second kappa shape index (κ2) is 8.14. The highest BCUT2D eigenvalue weighted by Gasteiger charge is 2.26. The molecule has 2 heterocycles. The van der Waals surface area contributed by atoms with Crippen LogP contribution in [0.5, 0.6) is 0 Å². The molecule has 1 aliphatic heterocycles. The number of nitrogens with one attached hydrogen (secondary N) is 1. The van der Waals surface area contributed by atoms with E-state index in [1.807, 2.05) is 42.5 Å². The van der Waals surface area contributed by atoms with Gasteiger partial charge < -0.3 is 14.8 Å². The number of nitrogens with zero attached hydrogens (tertiary/aromatic N) is 2. The van der Waals surface area contributed by atoms with Crippen molar-refractivity contribution in [2.24, 2.45) is 0 Å². The lowest BCUT2D eigenvalue weighted by Gasteiger charge is -2.35. The van der Waals surface area contributed by atoms with Crippen molar-refractivity contribution in [2.45, 2.75) is 19.8 Å². The van der Waals surface area contributed by atoms with Gasteiger partial charge in [-0.25, -0.2) is 0 Å². The number of aromatic nitrogens is 1. The molecule has 1 fully saturated rings. The number of aromatic amines is 1. The first kappa shape index (κ1) is 19.9. The van der Waals surface area contributed by atoms with Crippen LogP contribution in [0.1, 0.15) is 46.0 Å². The van der Waals surface area contributed by atoms with Crippen molar-refractivity contribution in [1.29, 1.82) is 0 Å². The molecule has 2 amide bonds. The Hall–Kier alpha value is -3.41. The zero-order valence-corrected chi connectivity index (χ0v) is 17.2. The van der Waals surface area contributed by atoms with E-state index in [2.05, 4.69) is 18.8 Å². The van der Waals surface area contributed by atoms with Crippen molar-refractivity contribution in [2.75, 3.05) is 26.2 Å². The molecule has 6 heteroatoms. The van der Waals surface area contributed by atoms with E-state index in [9.17, 15) is 14.4 Å². The molecule has 4 rings (SSSR count). The maximum Gasteiger partial charge on any atom is 0.254 e. The smallest absolute Gasteiger partial charge is 0.254 e. The van der Waals surface area contributed by atoms with Gasteiger partial charge in [-0.05, 0) is 29.7 Å². The first-order valence-electron chi connectivity index (χ1n) is 10.2. The Labute approximate surface area is 175 Å². The molecule has 0 bridgehead atoms. The van der Waals surface area contributed by atoms with E-state index >= 15 is 0 Å². The lowest BCUT2D eigenvalue weighted by Crippen LogP contribution is -2.50. The van der Waals surface area contributed by atoms with Crippen molar-refractivity contribution in [3.05, 3.63) is 81.6 Å². The van der Waals surface area contributed by atoms with E-state index in [0.29, 0.717) is 48.7 Å². The molecule has 0 unspecified atom stereocenters. The Bertz CT molecular complexity index is 1140. The molecule has 0 saturated carbocycles. The zero-order chi connectivity index (χ0) is 21.3. The molecular formula is C24H25N3O3. The number of pyridine rings is 1. The van der Waals surface area contributed by atoms with Gasteiger partial charge in [-0.1, -0.05) is 44.2 Å². The highest BCUT2D eigenvalue weighted by molar-refractivity contribution is 6.06. The van der Waals surface area contributed by atoms with Crippen LogP contribution < -0.4 is 5.56 Å². The summed E-state index contributed by atoms with van der Waals surface area (Å²) in [5.41, 5.74) is 2.62. The summed E-state index contributed by atoms with van der Waals surface area (Å²) in [7, 11) is 0. The summed E-state index contributed by atoms with van der Waals surface area (Å²) in [4.78, 5) is 44.1. The van der Waals surface area contributed by atoms with Crippen LogP contribution >= 0.6 is 0 Å². The standard InChI is InChI=1S/C24H25N3O3/c1-16(2)17-7-9-18(10-8-17)23(29)26-11-13-27(14-12-26)24(30)20-15-22(28)25-21-6-4-3-5-19(20)21/h3-10,15-16H,11-14H2,1-2H3,(H,25,28). The Morgan fingerprint density at radius 1 is 0.867 bits per heavy atom. The SMILES string of the molecule is CC(C)c1ccc(C(=O)N2CCN(C(=O)c3cc(=O)[nH]c4ccccc34)CC2)cc1. The fourth-order valence-corrected chi connectivity index (χ4v) is 3.86. The monoisotopic (exact) mass is 403 g/mol. The summed E-state index contributed by atoms with van der Waals surface area (Å²) >= 11 is 0. The van der Waals surface area contributed by atoms with E-state index in [-0.39, 0.29) is 17.4 Å². The third-order valence-corrected chi connectivity index (χ3v) is 5.66. The van der Waals surface area contributed by atoms with Gasteiger partial charge in [-0.15, -0.1) is 0 Å². The molecule has 30 heavy (non-hydrogen) atoms. The van der Waals surface area contributed by atoms with Crippen LogP contribution in [-0.4, -0.2) is 52.8 Å². The predicted octanol–water partition coefficient (Wildman–Crippen LogP) is 3.25. The maximum atomic E-state index is 13.1. The molecule has 1 N–H and O–H groups in total. The number of piperazine rings is 1. The van der Waals surface area contributed by atoms with Gasteiger partial charge in [-0.3, -0.25) is 14.4 Å².